The third-order valence-corrected chi connectivity index (χ3v) is 3.69. The zero-order chi connectivity index (χ0) is 10.7. The van der Waals surface area contributed by atoms with Crippen LogP contribution in [0, 0.1) is 11.8 Å². The van der Waals surface area contributed by atoms with E-state index in [9.17, 15) is 0 Å². The second-order valence-corrected chi connectivity index (χ2v) is 5.19. The Morgan fingerprint density at radius 3 is 3.00 bits per heavy atom. The van der Waals surface area contributed by atoms with Crippen molar-refractivity contribution in [1.29, 1.82) is 0 Å². The topological polar surface area (TPSA) is 24.5 Å². The summed E-state index contributed by atoms with van der Waals surface area (Å²) in [5.41, 5.74) is 0. The Balaban J connectivity index is 1.81. The summed E-state index contributed by atoms with van der Waals surface area (Å²) in [5.74, 6) is 1.54. The van der Waals surface area contributed by atoms with E-state index in [2.05, 4.69) is 24.1 Å². The first-order valence-electron chi connectivity index (χ1n) is 6.30. The molecular formula is C12H24N2O. The summed E-state index contributed by atoms with van der Waals surface area (Å²) in [6.45, 7) is 11.5. The van der Waals surface area contributed by atoms with Gasteiger partial charge in [0.15, 0.2) is 0 Å². The van der Waals surface area contributed by atoms with E-state index in [1.54, 1.807) is 0 Å². The molecule has 0 aromatic carbocycles. The van der Waals surface area contributed by atoms with Crippen molar-refractivity contribution in [3.8, 4) is 0 Å². The molecule has 0 bridgehead atoms. The van der Waals surface area contributed by atoms with Gasteiger partial charge >= 0.3 is 0 Å². The summed E-state index contributed by atoms with van der Waals surface area (Å²) in [7, 11) is 0. The molecule has 0 aliphatic carbocycles. The van der Waals surface area contributed by atoms with Gasteiger partial charge in [0.25, 0.3) is 0 Å². The highest BCUT2D eigenvalue weighted by Gasteiger charge is 2.27. The minimum Gasteiger partial charge on any atom is -0.378 e. The van der Waals surface area contributed by atoms with Gasteiger partial charge in [-0.05, 0) is 31.7 Å². The average molecular weight is 212 g/mol. The minimum atomic E-state index is 0.469. The molecule has 3 unspecified atom stereocenters. The summed E-state index contributed by atoms with van der Waals surface area (Å²) < 4.78 is 5.62. The summed E-state index contributed by atoms with van der Waals surface area (Å²) in [4.78, 5) is 2.61. The number of hydrogen-bond acceptors (Lipinski definition) is 3. The molecule has 88 valence electrons. The van der Waals surface area contributed by atoms with E-state index in [0.29, 0.717) is 6.10 Å². The molecular weight excluding hydrogens is 188 g/mol. The lowest BCUT2D eigenvalue weighted by Gasteiger charge is -2.26. The van der Waals surface area contributed by atoms with Crippen LogP contribution in [-0.2, 0) is 4.74 Å². The highest BCUT2D eigenvalue weighted by molar-refractivity contribution is 4.79. The fourth-order valence-corrected chi connectivity index (χ4v) is 2.70. The third-order valence-electron chi connectivity index (χ3n) is 3.69. The van der Waals surface area contributed by atoms with Gasteiger partial charge in [-0.15, -0.1) is 0 Å². The predicted octanol–water partition coefficient (Wildman–Crippen LogP) is 0.953. The lowest BCUT2D eigenvalue weighted by molar-refractivity contribution is 0.0918. The number of nitrogens with zero attached hydrogens (tertiary/aromatic N) is 1. The Morgan fingerprint density at radius 1 is 1.40 bits per heavy atom. The standard InChI is InChI=1S/C12H24N2O/c1-10-7-13-4-5-14(8-10)9-12-3-6-15-11(12)2/h10-13H,3-9H2,1-2H3. The first-order valence-corrected chi connectivity index (χ1v) is 6.30. The van der Waals surface area contributed by atoms with Crippen molar-refractivity contribution in [3.05, 3.63) is 0 Å². The van der Waals surface area contributed by atoms with E-state index in [1.165, 1.54) is 32.6 Å². The molecule has 3 nitrogen and oxygen atoms in total. The van der Waals surface area contributed by atoms with E-state index in [1.807, 2.05) is 0 Å². The molecule has 15 heavy (non-hydrogen) atoms. The number of ether oxygens (including phenoxy) is 1. The molecule has 2 aliphatic rings. The van der Waals surface area contributed by atoms with E-state index in [0.717, 1.165) is 25.0 Å². The molecule has 1 N–H and O–H groups in total. The van der Waals surface area contributed by atoms with Crippen LogP contribution in [0.25, 0.3) is 0 Å². The zero-order valence-electron chi connectivity index (χ0n) is 10.0. The Labute approximate surface area is 93.2 Å². The van der Waals surface area contributed by atoms with E-state index < -0.39 is 0 Å². The van der Waals surface area contributed by atoms with Crippen LogP contribution < -0.4 is 5.32 Å². The molecule has 0 aromatic heterocycles. The molecule has 2 heterocycles. The normalized spacial score (nSPS) is 39.2. The van der Waals surface area contributed by atoms with Crippen LogP contribution in [0.4, 0.5) is 0 Å². The first kappa shape index (κ1) is 11.4. The van der Waals surface area contributed by atoms with E-state index in [4.69, 9.17) is 4.74 Å². The van der Waals surface area contributed by atoms with Crippen LogP contribution in [-0.4, -0.2) is 50.3 Å². The summed E-state index contributed by atoms with van der Waals surface area (Å²) in [6, 6.07) is 0. The van der Waals surface area contributed by atoms with E-state index >= 15 is 0 Å². The van der Waals surface area contributed by atoms with Gasteiger partial charge in [0.05, 0.1) is 6.10 Å². The molecule has 3 heteroatoms. The highest BCUT2D eigenvalue weighted by atomic mass is 16.5. The second-order valence-electron chi connectivity index (χ2n) is 5.19. The minimum absolute atomic E-state index is 0.469. The van der Waals surface area contributed by atoms with Crippen molar-refractivity contribution in [3.63, 3.8) is 0 Å². The monoisotopic (exact) mass is 212 g/mol. The maximum absolute atomic E-state index is 5.62. The first-order chi connectivity index (χ1) is 7.25. The molecule has 0 radical (unpaired) electrons. The van der Waals surface area contributed by atoms with Crippen molar-refractivity contribution in [2.75, 3.05) is 39.3 Å². The largest absolute Gasteiger partial charge is 0.378 e. The smallest absolute Gasteiger partial charge is 0.0588 e. The Hall–Kier alpha value is -0.120. The molecule has 2 saturated heterocycles. The van der Waals surface area contributed by atoms with Gasteiger partial charge in [-0.25, -0.2) is 0 Å². The van der Waals surface area contributed by atoms with Crippen LogP contribution >= 0.6 is 0 Å². The van der Waals surface area contributed by atoms with Crippen molar-refractivity contribution >= 4 is 0 Å². The summed E-state index contributed by atoms with van der Waals surface area (Å²) in [6.07, 6.45) is 1.72. The van der Waals surface area contributed by atoms with E-state index in [-0.39, 0.29) is 0 Å². The molecule has 2 rings (SSSR count). The number of rotatable bonds is 2. The fourth-order valence-electron chi connectivity index (χ4n) is 2.70. The molecule has 0 amide bonds. The summed E-state index contributed by atoms with van der Waals surface area (Å²) in [5, 5.41) is 3.49. The molecule has 0 aromatic rings. The Kier molecular flexibility index (Phi) is 4.00. The maximum Gasteiger partial charge on any atom is 0.0588 e. The van der Waals surface area contributed by atoms with Gasteiger partial charge in [-0.1, -0.05) is 6.92 Å². The van der Waals surface area contributed by atoms with Gasteiger partial charge in [0, 0.05) is 32.8 Å². The second kappa shape index (κ2) is 5.28. The summed E-state index contributed by atoms with van der Waals surface area (Å²) >= 11 is 0. The van der Waals surface area contributed by atoms with Gasteiger partial charge in [-0.2, -0.15) is 0 Å². The number of nitrogens with one attached hydrogen (secondary N) is 1. The van der Waals surface area contributed by atoms with Crippen molar-refractivity contribution < 1.29 is 4.74 Å². The van der Waals surface area contributed by atoms with Crippen LogP contribution in [0.15, 0.2) is 0 Å². The zero-order valence-corrected chi connectivity index (χ0v) is 10.0. The third kappa shape index (κ3) is 3.16. The Morgan fingerprint density at radius 2 is 2.27 bits per heavy atom. The molecule has 2 aliphatic heterocycles. The predicted molar refractivity (Wildman–Crippen MR) is 62.0 cm³/mol. The van der Waals surface area contributed by atoms with Crippen molar-refractivity contribution in [2.45, 2.75) is 26.4 Å². The molecule has 3 atom stereocenters. The van der Waals surface area contributed by atoms with Crippen LogP contribution in [0.2, 0.25) is 0 Å². The van der Waals surface area contributed by atoms with Crippen molar-refractivity contribution in [2.24, 2.45) is 11.8 Å². The molecule has 2 fully saturated rings. The molecule has 0 spiro atoms. The lowest BCUT2D eigenvalue weighted by atomic mass is 10.0. The highest BCUT2D eigenvalue weighted by Crippen LogP contribution is 2.22. The van der Waals surface area contributed by atoms with Crippen LogP contribution in [0.5, 0.6) is 0 Å². The average Bonchev–Trinajstić information content (AvgIpc) is 2.48. The SMILES string of the molecule is CC1CNCCN(CC2CCOC2C)C1. The molecule has 0 saturated carbocycles. The Bertz CT molecular complexity index is 198. The number of hydrogen-bond donors (Lipinski definition) is 1. The quantitative estimate of drug-likeness (QED) is 0.737. The van der Waals surface area contributed by atoms with Crippen LogP contribution in [0.3, 0.4) is 0 Å². The van der Waals surface area contributed by atoms with Gasteiger partial charge in [0.1, 0.15) is 0 Å². The lowest BCUT2D eigenvalue weighted by Crippen LogP contribution is -2.36. The van der Waals surface area contributed by atoms with Crippen LogP contribution in [0.1, 0.15) is 20.3 Å². The fraction of sp³-hybridized carbons (Fsp3) is 1.00. The van der Waals surface area contributed by atoms with Gasteiger partial charge in [-0.3, -0.25) is 0 Å². The van der Waals surface area contributed by atoms with Crippen molar-refractivity contribution in [1.82, 2.24) is 10.2 Å². The van der Waals surface area contributed by atoms with Gasteiger partial charge in [0.2, 0.25) is 0 Å². The maximum atomic E-state index is 5.62. The van der Waals surface area contributed by atoms with Gasteiger partial charge < -0.3 is 15.0 Å².